The maximum atomic E-state index is 4.80. The summed E-state index contributed by atoms with van der Waals surface area (Å²) in [6.45, 7) is 5.07. The fourth-order valence-electron chi connectivity index (χ4n) is 3.82. The Morgan fingerprint density at radius 1 is 1.03 bits per heavy atom. The molecule has 0 aliphatic carbocycles. The van der Waals surface area contributed by atoms with Crippen molar-refractivity contribution in [1.82, 2.24) is 19.9 Å². The van der Waals surface area contributed by atoms with Gasteiger partial charge in [0.25, 0.3) is 0 Å². The Balaban J connectivity index is 1.30. The van der Waals surface area contributed by atoms with Gasteiger partial charge in [-0.3, -0.25) is 9.88 Å². The van der Waals surface area contributed by atoms with E-state index in [1.54, 1.807) is 6.20 Å². The fourth-order valence-corrected chi connectivity index (χ4v) is 4.96. The molecule has 0 unspecified atom stereocenters. The summed E-state index contributed by atoms with van der Waals surface area (Å²) in [5.74, 6) is 0.770. The summed E-state index contributed by atoms with van der Waals surface area (Å²) in [7, 11) is 0. The van der Waals surface area contributed by atoms with E-state index in [1.165, 1.54) is 32.1 Å². The first-order valence-electron chi connectivity index (χ1n) is 9.88. The minimum Gasteiger partial charge on any atom is -0.293 e. The minimum absolute atomic E-state index is 0.770. The van der Waals surface area contributed by atoms with Gasteiger partial charge in [0.2, 0.25) is 0 Å². The first-order valence-corrected chi connectivity index (χ1v) is 10.7. The van der Waals surface area contributed by atoms with Crippen LogP contribution >= 0.6 is 11.3 Å². The second-order valence-corrected chi connectivity index (χ2v) is 8.62. The summed E-state index contributed by atoms with van der Waals surface area (Å²) < 4.78 is 0. The monoisotopic (exact) mass is 398 g/mol. The first-order chi connectivity index (χ1) is 14.3. The normalized spacial score (nSPS) is 14.0. The van der Waals surface area contributed by atoms with Crippen LogP contribution in [0.15, 0.2) is 67.1 Å². The molecule has 0 N–H and O–H groups in total. The highest BCUT2D eigenvalue weighted by Gasteiger charge is 2.19. The molecule has 29 heavy (non-hydrogen) atoms. The zero-order valence-corrected chi connectivity index (χ0v) is 17.2. The van der Waals surface area contributed by atoms with Gasteiger partial charge in [-0.2, -0.15) is 0 Å². The second kappa shape index (κ2) is 7.85. The van der Waals surface area contributed by atoms with Gasteiger partial charge >= 0.3 is 0 Å². The third-order valence-electron chi connectivity index (χ3n) is 5.38. The average molecular weight is 399 g/mol. The van der Waals surface area contributed by atoms with E-state index in [2.05, 4.69) is 58.2 Å². The Kier molecular flexibility index (Phi) is 4.92. The number of aryl methyl sites for hydroxylation is 1. The molecule has 5 heteroatoms. The summed E-state index contributed by atoms with van der Waals surface area (Å²) in [4.78, 5) is 18.8. The number of aromatic nitrogens is 3. The van der Waals surface area contributed by atoms with E-state index in [1.807, 2.05) is 35.9 Å². The van der Waals surface area contributed by atoms with E-state index < -0.39 is 0 Å². The predicted octanol–water partition coefficient (Wildman–Crippen LogP) is 5.13. The van der Waals surface area contributed by atoms with Crippen molar-refractivity contribution in [3.8, 4) is 21.8 Å². The Morgan fingerprint density at radius 3 is 2.83 bits per heavy atom. The molecular weight excluding hydrogens is 376 g/mol. The fraction of sp³-hybridized carbons (Fsp3) is 0.208. The van der Waals surface area contributed by atoms with E-state index in [4.69, 9.17) is 4.98 Å². The molecule has 4 heterocycles. The second-order valence-electron chi connectivity index (χ2n) is 7.45. The topological polar surface area (TPSA) is 41.9 Å². The number of thiophene rings is 1. The van der Waals surface area contributed by atoms with E-state index >= 15 is 0 Å². The van der Waals surface area contributed by atoms with E-state index in [0.29, 0.717) is 0 Å². The summed E-state index contributed by atoms with van der Waals surface area (Å²) >= 11 is 1.89. The zero-order valence-electron chi connectivity index (χ0n) is 16.4. The SMILES string of the molecule is Cc1ccccc1-c1ccc(CN2CCc3nc(-c4cccnc4)ncc3C2)s1. The van der Waals surface area contributed by atoms with E-state index in [-0.39, 0.29) is 0 Å². The third-order valence-corrected chi connectivity index (χ3v) is 6.49. The standard InChI is InChI=1S/C24H22N4S/c1-17-5-2-3-7-21(17)23-9-8-20(29-23)16-28-12-10-22-19(15-28)14-26-24(27-22)18-6-4-11-25-13-18/h2-9,11,13-14H,10,12,15-16H2,1H3. The first kappa shape index (κ1) is 18.2. The largest absolute Gasteiger partial charge is 0.293 e. The van der Waals surface area contributed by atoms with Gasteiger partial charge in [0.15, 0.2) is 5.82 Å². The van der Waals surface area contributed by atoms with Gasteiger partial charge in [0.1, 0.15) is 0 Å². The van der Waals surface area contributed by atoms with E-state index in [0.717, 1.165) is 37.4 Å². The number of hydrogen-bond acceptors (Lipinski definition) is 5. The molecule has 144 valence electrons. The van der Waals surface area contributed by atoms with Crippen molar-refractivity contribution < 1.29 is 0 Å². The van der Waals surface area contributed by atoms with Crippen LogP contribution in [0, 0.1) is 6.92 Å². The van der Waals surface area contributed by atoms with Crippen molar-refractivity contribution in [2.24, 2.45) is 0 Å². The van der Waals surface area contributed by atoms with Crippen molar-refractivity contribution in [1.29, 1.82) is 0 Å². The van der Waals surface area contributed by atoms with Gasteiger partial charge in [-0.05, 0) is 42.3 Å². The van der Waals surface area contributed by atoms with Crippen LogP contribution in [0.3, 0.4) is 0 Å². The lowest BCUT2D eigenvalue weighted by atomic mass is 10.1. The molecule has 1 aromatic carbocycles. The summed E-state index contributed by atoms with van der Waals surface area (Å²) in [5, 5.41) is 0. The summed E-state index contributed by atoms with van der Waals surface area (Å²) in [5.41, 5.74) is 6.04. The van der Waals surface area contributed by atoms with Gasteiger partial charge in [-0.25, -0.2) is 9.97 Å². The summed E-state index contributed by atoms with van der Waals surface area (Å²) in [6, 6.07) is 17.0. The van der Waals surface area contributed by atoms with Crippen molar-refractivity contribution in [2.75, 3.05) is 6.54 Å². The van der Waals surface area contributed by atoms with Crippen LogP contribution in [0.2, 0.25) is 0 Å². The van der Waals surface area contributed by atoms with Crippen LogP contribution in [0.4, 0.5) is 0 Å². The lowest BCUT2D eigenvalue weighted by molar-refractivity contribution is 0.245. The quantitative estimate of drug-likeness (QED) is 0.478. The third kappa shape index (κ3) is 3.84. The zero-order chi connectivity index (χ0) is 19.6. The molecule has 5 rings (SSSR count). The Hall–Kier alpha value is -2.89. The Bertz CT molecular complexity index is 1140. The van der Waals surface area contributed by atoms with Gasteiger partial charge in [-0.1, -0.05) is 24.3 Å². The number of hydrogen-bond donors (Lipinski definition) is 0. The van der Waals surface area contributed by atoms with Crippen molar-refractivity contribution in [3.63, 3.8) is 0 Å². The number of nitrogens with zero attached hydrogens (tertiary/aromatic N) is 4. The smallest absolute Gasteiger partial charge is 0.160 e. The number of fused-ring (bicyclic) bond motifs is 1. The minimum atomic E-state index is 0.770. The molecule has 0 radical (unpaired) electrons. The maximum Gasteiger partial charge on any atom is 0.160 e. The number of rotatable bonds is 4. The highest BCUT2D eigenvalue weighted by atomic mass is 32.1. The van der Waals surface area contributed by atoms with Gasteiger partial charge in [0, 0.05) is 65.5 Å². The molecule has 1 aliphatic heterocycles. The highest BCUT2D eigenvalue weighted by Crippen LogP contribution is 2.31. The van der Waals surface area contributed by atoms with Gasteiger partial charge in [-0.15, -0.1) is 11.3 Å². The van der Waals surface area contributed by atoms with Crippen molar-refractivity contribution in [2.45, 2.75) is 26.4 Å². The lowest BCUT2D eigenvalue weighted by Crippen LogP contribution is -2.30. The molecule has 0 atom stereocenters. The van der Waals surface area contributed by atoms with Gasteiger partial charge < -0.3 is 0 Å². The highest BCUT2D eigenvalue weighted by molar-refractivity contribution is 7.15. The predicted molar refractivity (Wildman–Crippen MR) is 118 cm³/mol. The van der Waals surface area contributed by atoms with Crippen LogP contribution in [0.5, 0.6) is 0 Å². The molecule has 0 fully saturated rings. The van der Waals surface area contributed by atoms with Crippen molar-refractivity contribution >= 4 is 11.3 Å². The van der Waals surface area contributed by atoms with Gasteiger partial charge in [0.05, 0.1) is 5.69 Å². The van der Waals surface area contributed by atoms with Crippen LogP contribution in [0.1, 0.15) is 21.7 Å². The Labute approximate surface area is 174 Å². The number of pyridine rings is 1. The summed E-state index contributed by atoms with van der Waals surface area (Å²) in [6.07, 6.45) is 6.54. The van der Waals surface area contributed by atoms with Crippen LogP contribution in [0.25, 0.3) is 21.8 Å². The molecule has 0 bridgehead atoms. The molecule has 0 amide bonds. The van der Waals surface area contributed by atoms with Crippen molar-refractivity contribution in [3.05, 3.63) is 88.8 Å². The Morgan fingerprint density at radius 2 is 1.97 bits per heavy atom. The van der Waals surface area contributed by atoms with E-state index in [9.17, 15) is 0 Å². The molecule has 4 nitrogen and oxygen atoms in total. The average Bonchev–Trinajstić information content (AvgIpc) is 3.22. The molecule has 4 aromatic rings. The molecular formula is C24H22N4S. The van der Waals surface area contributed by atoms with Crippen LogP contribution in [-0.4, -0.2) is 26.4 Å². The maximum absolute atomic E-state index is 4.80. The molecule has 3 aromatic heterocycles. The lowest BCUT2D eigenvalue weighted by Gasteiger charge is -2.27. The molecule has 1 aliphatic rings. The van der Waals surface area contributed by atoms with Crippen LogP contribution < -0.4 is 0 Å². The number of benzene rings is 1. The molecule has 0 spiro atoms. The molecule has 0 saturated carbocycles. The molecule has 0 saturated heterocycles. The van der Waals surface area contributed by atoms with Crippen LogP contribution in [-0.2, 0) is 19.5 Å².